The summed E-state index contributed by atoms with van der Waals surface area (Å²) in [5.74, 6) is -0.442. The Morgan fingerprint density at radius 2 is 1.68 bits per heavy atom. The molecule has 0 fully saturated rings. The fraction of sp³-hybridized carbons (Fsp3) is 0. The molecule has 0 saturated heterocycles. The molecule has 7 heteroatoms. The van der Waals surface area contributed by atoms with Crippen molar-refractivity contribution in [3.05, 3.63) is 56.2 Å². The van der Waals surface area contributed by atoms with Crippen molar-refractivity contribution in [2.24, 2.45) is 0 Å². The summed E-state index contributed by atoms with van der Waals surface area (Å²) in [5.41, 5.74) is 0.525. The highest BCUT2D eigenvalue weighted by molar-refractivity contribution is 6.44. The number of nitrogens with one attached hydrogen (secondary N) is 1. The summed E-state index contributed by atoms with van der Waals surface area (Å²) in [6.07, 6.45) is 1.44. The van der Waals surface area contributed by atoms with Crippen LogP contribution in [0, 0.1) is 0 Å². The topological polar surface area (TPSA) is 42.0 Å². The second kappa shape index (κ2) is 5.97. The van der Waals surface area contributed by atoms with E-state index < -0.39 is 5.91 Å². The van der Waals surface area contributed by atoms with Gasteiger partial charge in [-0.15, -0.1) is 0 Å². The molecule has 0 atom stereocenters. The summed E-state index contributed by atoms with van der Waals surface area (Å²) in [6.45, 7) is 0. The van der Waals surface area contributed by atoms with Crippen LogP contribution in [0.25, 0.3) is 0 Å². The minimum atomic E-state index is -0.442. The molecule has 0 unspecified atom stereocenters. The number of rotatable bonds is 2. The van der Waals surface area contributed by atoms with Crippen LogP contribution in [0.3, 0.4) is 0 Å². The van der Waals surface area contributed by atoms with Gasteiger partial charge in [0, 0.05) is 11.2 Å². The highest BCUT2D eigenvalue weighted by atomic mass is 35.5. The van der Waals surface area contributed by atoms with E-state index in [2.05, 4.69) is 10.3 Å². The van der Waals surface area contributed by atoms with E-state index in [1.54, 1.807) is 6.07 Å². The van der Waals surface area contributed by atoms with Crippen molar-refractivity contribution < 1.29 is 4.79 Å². The smallest absolute Gasteiger partial charge is 0.274 e. The van der Waals surface area contributed by atoms with Gasteiger partial charge in [-0.3, -0.25) is 9.78 Å². The fourth-order valence-electron chi connectivity index (χ4n) is 1.33. The van der Waals surface area contributed by atoms with E-state index in [0.717, 1.165) is 0 Å². The zero-order chi connectivity index (χ0) is 14.0. The van der Waals surface area contributed by atoms with E-state index in [9.17, 15) is 4.79 Å². The first-order valence-electron chi connectivity index (χ1n) is 5.05. The number of pyridine rings is 1. The van der Waals surface area contributed by atoms with Gasteiger partial charge >= 0.3 is 0 Å². The van der Waals surface area contributed by atoms with Gasteiger partial charge in [0.05, 0.1) is 20.8 Å². The lowest BCUT2D eigenvalue weighted by Gasteiger charge is -2.08. The number of carbonyl (C=O) groups excluding carboxylic acids is 1. The average molecular weight is 336 g/mol. The SMILES string of the molecule is O=C(Nc1cc(Cl)c(Cl)cc1Cl)c1cc(Cl)ccn1. The van der Waals surface area contributed by atoms with Crippen molar-refractivity contribution in [2.45, 2.75) is 0 Å². The number of benzene rings is 1. The lowest BCUT2D eigenvalue weighted by molar-refractivity contribution is 0.102. The molecular weight excluding hydrogens is 330 g/mol. The first-order chi connectivity index (χ1) is 8.97. The quantitative estimate of drug-likeness (QED) is 0.789. The van der Waals surface area contributed by atoms with Crippen LogP contribution in [-0.4, -0.2) is 10.9 Å². The van der Waals surface area contributed by atoms with E-state index in [1.165, 1.54) is 24.4 Å². The number of halogens is 4. The van der Waals surface area contributed by atoms with Gasteiger partial charge in [0.25, 0.3) is 5.91 Å². The van der Waals surface area contributed by atoms with E-state index >= 15 is 0 Å². The number of aromatic nitrogens is 1. The molecule has 1 heterocycles. The molecule has 3 nitrogen and oxygen atoms in total. The Bertz CT molecular complexity index is 646. The summed E-state index contributed by atoms with van der Waals surface area (Å²) >= 11 is 23.4. The van der Waals surface area contributed by atoms with Crippen LogP contribution in [0.2, 0.25) is 20.1 Å². The Morgan fingerprint density at radius 1 is 1.00 bits per heavy atom. The van der Waals surface area contributed by atoms with Crippen LogP contribution in [0.15, 0.2) is 30.5 Å². The third-order valence-corrected chi connectivity index (χ3v) is 3.48. The van der Waals surface area contributed by atoms with Gasteiger partial charge in [0.2, 0.25) is 0 Å². The second-order valence-corrected chi connectivity index (χ2v) is 5.22. The first kappa shape index (κ1) is 14.4. The van der Waals surface area contributed by atoms with E-state index in [0.29, 0.717) is 20.8 Å². The van der Waals surface area contributed by atoms with Crippen LogP contribution in [0.1, 0.15) is 10.5 Å². The van der Waals surface area contributed by atoms with Gasteiger partial charge in [0.15, 0.2) is 0 Å². The third kappa shape index (κ3) is 3.51. The summed E-state index contributed by atoms with van der Waals surface area (Å²) in [5, 5.41) is 3.89. The van der Waals surface area contributed by atoms with Crippen molar-refractivity contribution in [3.8, 4) is 0 Å². The van der Waals surface area contributed by atoms with Crippen LogP contribution < -0.4 is 5.32 Å². The van der Waals surface area contributed by atoms with Crippen molar-refractivity contribution in [2.75, 3.05) is 5.32 Å². The number of carbonyl (C=O) groups is 1. The molecule has 0 aliphatic rings. The molecule has 0 aliphatic carbocycles. The summed E-state index contributed by atoms with van der Waals surface area (Å²) < 4.78 is 0. The normalized spacial score (nSPS) is 10.3. The molecule has 0 radical (unpaired) electrons. The van der Waals surface area contributed by atoms with Crippen molar-refractivity contribution in [3.63, 3.8) is 0 Å². The molecular formula is C12H6Cl4N2O. The lowest BCUT2D eigenvalue weighted by atomic mass is 10.3. The predicted molar refractivity (Wildman–Crippen MR) is 78.7 cm³/mol. The van der Waals surface area contributed by atoms with Crippen LogP contribution in [0.5, 0.6) is 0 Å². The minimum absolute atomic E-state index is 0.176. The molecule has 1 aromatic heterocycles. The van der Waals surface area contributed by atoms with Gasteiger partial charge in [-0.05, 0) is 24.3 Å². The molecule has 1 aromatic carbocycles. The Kier molecular flexibility index (Phi) is 4.53. The van der Waals surface area contributed by atoms with Gasteiger partial charge < -0.3 is 5.32 Å². The zero-order valence-electron chi connectivity index (χ0n) is 9.25. The van der Waals surface area contributed by atoms with E-state index in [4.69, 9.17) is 46.4 Å². The lowest BCUT2D eigenvalue weighted by Crippen LogP contribution is -2.13. The van der Waals surface area contributed by atoms with Crippen molar-refractivity contribution >= 4 is 58.0 Å². The highest BCUT2D eigenvalue weighted by Gasteiger charge is 2.12. The summed E-state index contributed by atoms with van der Waals surface area (Å²) in [6, 6.07) is 5.94. The highest BCUT2D eigenvalue weighted by Crippen LogP contribution is 2.32. The van der Waals surface area contributed by atoms with Gasteiger partial charge in [-0.25, -0.2) is 0 Å². The molecule has 2 aromatic rings. The standard InChI is InChI=1S/C12H6Cl4N2O/c13-6-1-2-17-11(3-6)12(19)18-10-5-8(15)7(14)4-9(10)16/h1-5H,(H,18,19). The first-order valence-corrected chi connectivity index (χ1v) is 6.56. The molecule has 0 saturated carbocycles. The number of hydrogen-bond donors (Lipinski definition) is 1. The van der Waals surface area contributed by atoms with Crippen molar-refractivity contribution in [1.82, 2.24) is 4.98 Å². The van der Waals surface area contributed by atoms with Crippen molar-refractivity contribution in [1.29, 1.82) is 0 Å². The number of hydrogen-bond acceptors (Lipinski definition) is 2. The Balaban J connectivity index is 2.27. The summed E-state index contributed by atoms with van der Waals surface area (Å²) in [4.78, 5) is 15.9. The molecule has 0 aliphatic heterocycles. The second-order valence-electron chi connectivity index (χ2n) is 3.56. The molecule has 0 bridgehead atoms. The predicted octanol–water partition coefficient (Wildman–Crippen LogP) is 4.95. The minimum Gasteiger partial charge on any atom is -0.319 e. The van der Waals surface area contributed by atoms with Crippen LogP contribution in [0.4, 0.5) is 5.69 Å². The molecule has 98 valence electrons. The maximum atomic E-state index is 11.9. The average Bonchev–Trinajstić information content (AvgIpc) is 2.36. The maximum Gasteiger partial charge on any atom is 0.274 e. The Labute approximate surface area is 129 Å². The maximum absolute atomic E-state index is 11.9. The van der Waals surface area contributed by atoms with Crippen LogP contribution >= 0.6 is 46.4 Å². The van der Waals surface area contributed by atoms with Gasteiger partial charge in [0.1, 0.15) is 5.69 Å². The number of nitrogens with zero attached hydrogens (tertiary/aromatic N) is 1. The molecule has 19 heavy (non-hydrogen) atoms. The van der Waals surface area contributed by atoms with E-state index in [1.807, 2.05) is 0 Å². The number of anilines is 1. The zero-order valence-corrected chi connectivity index (χ0v) is 12.3. The van der Waals surface area contributed by atoms with Gasteiger partial charge in [-0.2, -0.15) is 0 Å². The van der Waals surface area contributed by atoms with Crippen LogP contribution in [-0.2, 0) is 0 Å². The summed E-state index contributed by atoms with van der Waals surface area (Å²) in [7, 11) is 0. The number of amides is 1. The molecule has 1 N–H and O–H groups in total. The Hall–Kier alpha value is -1.00. The molecule has 1 amide bonds. The fourth-order valence-corrected chi connectivity index (χ4v) is 2.09. The Morgan fingerprint density at radius 3 is 2.37 bits per heavy atom. The molecule has 0 spiro atoms. The third-order valence-electron chi connectivity index (χ3n) is 2.21. The molecule has 2 rings (SSSR count). The monoisotopic (exact) mass is 334 g/mol. The van der Waals surface area contributed by atoms with E-state index in [-0.39, 0.29) is 10.7 Å². The van der Waals surface area contributed by atoms with Gasteiger partial charge in [-0.1, -0.05) is 46.4 Å². The largest absolute Gasteiger partial charge is 0.319 e.